The summed E-state index contributed by atoms with van der Waals surface area (Å²) in [6.45, 7) is 0. The second kappa shape index (κ2) is 1.70. The predicted molar refractivity (Wildman–Crippen MR) is 33.1 cm³/mol. The largest absolute Gasteiger partial charge is 0.271 e. The van der Waals surface area contributed by atoms with Crippen molar-refractivity contribution in [2.45, 2.75) is 0 Å². The summed E-state index contributed by atoms with van der Waals surface area (Å²) in [5, 5.41) is 4.34. The lowest BCUT2D eigenvalue weighted by Crippen LogP contribution is -2.23. The maximum Gasteiger partial charge on any atom is 0.271 e. The van der Waals surface area contributed by atoms with Crippen LogP contribution in [0.5, 0.6) is 0 Å². The maximum absolute atomic E-state index is 10.6. The van der Waals surface area contributed by atoms with Crippen LogP contribution in [0.1, 0.15) is 0 Å². The van der Waals surface area contributed by atoms with Gasteiger partial charge in [0.1, 0.15) is 0 Å². The summed E-state index contributed by atoms with van der Waals surface area (Å²) in [6, 6.07) is 3.56. The summed E-state index contributed by atoms with van der Waals surface area (Å²) in [5.41, 5.74) is 0.498. The molecule has 0 N–H and O–H groups in total. The van der Waals surface area contributed by atoms with Gasteiger partial charge in [0.05, 0.1) is 15.2 Å². The topological polar surface area (TPSA) is 45.3 Å². The molecule has 0 radical (unpaired) electrons. The molecule has 0 aliphatic carbocycles. The molecule has 4 nitrogen and oxygen atoms in total. The van der Waals surface area contributed by atoms with Crippen molar-refractivity contribution in [3.05, 3.63) is 33.9 Å². The SMILES string of the molecule is O=[N+]1C=c2cccnc2=N1. The van der Waals surface area contributed by atoms with E-state index < -0.39 is 0 Å². The van der Waals surface area contributed by atoms with Crippen LogP contribution >= 0.6 is 0 Å². The lowest BCUT2D eigenvalue weighted by Gasteiger charge is -1.72. The summed E-state index contributed by atoms with van der Waals surface area (Å²) in [6.07, 6.45) is 3.00. The first-order valence-corrected chi connectivity index (χ1v) is 2.84. The summed E-state index contributed by atoms with van der Waals surface area (Å²) < 4.78 is 0. The van der Waals surface area contributed by atoms with Crippen molar-refractivity contribution < 1.29 is 4.87 Å². The standard InChI is InChI=1S/C6H4N3O/c10-9-4-5-2-1-3-7-6(5)8-9/h1-4H/q+1. The number of hydrogen-bond donors (Lipinski definition) is 0. The Bertz CT molecular complexity index is 359. The Morgan fingerprint density at radius 3 is 3.20 bits per heavy atom. The Balaban J connectivity index is 2.96. The number of aromatic nitrogens is 1. The zero-order valence-corrected chi connectivity index (χ0v) is 5.06. The number of fused-ring (bicyclic) bond motifs is 1. The Hall–Kier alpha value is -1.58. The van der Waals surface area contributed by atoms with Gasteiger partial charge in [0.2, 0.25) is 5.49 Å². The highest BCUT2D eigenvalue weighted by molar-refractivity contribution is 5.12. The van der Waals surface area contributed by atoms with Crippen LogP contribution in [0.25, 0.3) is 6.20 Å². The van der Waals surface area contributed by atoms with Crippen LogP contribution < -0.4 is 10.7 Å². The van der Waals surface area contributed by atoms with E-state index in [-0.39, 0.29) is 0 Å². The molecular weight excluding hydrogens is 130 g/mol. The summed E-state index contributed by atoms with van der Waals surface area (Å²) in [7, 11) is 0. The molecule has 0 aromatic carbocycles. The van der Waals surface area contributed by atoms with Gasteiger partial charge < -0.3 is 0 Å². The van der Waals surface area contributed by atoms with Gasteiger partial charge in [0, 0.05) is 6.20 Å². The Morgan fingerprint density at radius 2 is 2.40 bits per heavy atom. The molecule has 0 spiro atoms. The van der Waals surface area contributed by atoms with Gasteiger partial charge in [-0.25, -0.2) is 4.98 Å². The van der Waals surface area contributed by atoms with E-state index in [0.717, 1.165) is 5.22 Å². The van der Waals surface area contributed by atoms with E-state index in [1.165, 1.54) is 6.20 Å². The van der Waals surface area contributed by atoms with E-state index in [9.17, 15) is 4.91 Å². The normalized spacial score (nSPS) is 13.8. The van der Waals surface area contributed by atoms with Crippen molar-refractivity contribution in [2.24, 2.45) is 5.10 Å². The predicted octanol–water partition coefficient (Wildman–Crippen LogP) is -0.853. The molecular formula is C6H4N3O+. The number of nitrogens with zero attached hydrogens (tertiary/aromatic N) is 3. The van der Waals surface area contributed by atoms with E-state index >= 15 is 0 Å². The van der Waals surface area contributed by atoms with E-state index in [4.69, 9.17) is 0 Å². The number of nitroso groups, excluding NO2 is 1. The van der Waals surface area contributed by atoms with Gasteiger partial charge in [-0.2, -0.15) is 0 Å². The van der Waals surface area contributed by atoms with Gasteiger partial charge in [-0.05, 0) is 12.1 Å². The number of pyridine rings is 1. The van der Waals surface area contributed by atoms with Crippen molar-refractivity contribution in [1.82, 2.24) is 4.98 Å². The summed E-state index contributed by atoms with van der Waals surface area (Å²) >= 11 is 0. The van der Waals surface area contributed by atoms with Crippen molar-refractivity contribution in [2.75, 3.05) is 0 Å². The lowest BCUT2D eigenvalue weighted by molar-refractivity contribution is -0.450. The average Bonchev–Trinajstić information content (AvgIpc) is 2.27. The molecule has 0 fully saturated rings. The third-order valence-corrected chi connectivity index (χ3v) is 1.26. The quantitative estimate of drug-likeness (QED) is 0.434. The van der Waals surface area contributed by atoms with Gasteiger partial charge in [-0.3, -0.25) is 0 Å². The second-order valence-corrected chi connectivity index (χ2v) is 1.95. The van der Waals surface area contributed by atoms with Crippen molar-refractivity contribution >= 4 is 6.20 Å². The fourth-order valence-corrected chi connectivity index (χ4v) is 0.835. The van der Waals surface area contributed by atoms with Crippen molar-refractivity contribution in [1.29, 1.82) is 0 Å². The molecule has 1 aromatic rings. The highest BCUT2D eigenvalue weighted by Gasteiger charge is 2.09. The van der Waals surface area contributed by atoms with Crippen molar-refractivity contribution in [3.63, 3.8) is 0 Å². The molecule has 0 saturated heterocycles. The number of hydrogen-bond acceptors (Lipinski definition) is 2. The molecule has 48 valence electrons. The van der Waals surface area contributed by atoms with Crippen LogP contribution in [0.3, 0.4) is 0 Å². The van der Waals surface area contributed by atoms with Gasteiger partial charge >= 0.3 is 0 Å². The molecule has 1 aliphatic heterocycles. The average molecular weight is 134 g/mol. The maximum atomic E-state index is 10.6. The highest BCUT2D eigenvalue weighted by atomic mass is 16.3. The van der Waals surface area contributed by atoms with Crippen LogP contribution in [0.4, 0.5) is 0 Å². The summed E-state index contributed by atoms with van der Waals surface area (Å²) in [4.78, 5) is 14.9. The fraction of sp³-hybridized carbons (Fsp3) is 0. The smallest absolute Gasteiger partial charge is 0.231 e. The van der Waals surface area contributed by atoms with E-state index in [1.807, 2.05) is 0 Å². The molecule has 0 amide bonds. The molecule has 0 atom stereocenters. The van der Waals surface area contributed by atoms with E-state index in [1.54, 1.807) is 18.3 Å². The second-order valence-electron chi connectivity index (χ2n) is 1.95. The highest BCUT2D eigenvalue weighted by Crippen LogP contribution is 1.78. The van der Waals surface area contributed by atoms with Crippen LogP contribution in [-0.2, 0) is 0 Å². The molecule has 0 unspecified atom stereocenters. The fourth-order valence-electron chi connectivity index (χ4n) is 0.835. The third kappa shape index (κ3) is 0.621. The van der Waals surface area contributed by atoms with Gasteiger partial charge in [0.15, 0.2) is 4.87 Å². The number of rotatable bonds is 0. The molecule has 2 heterocycles. The van der Waals surface area contributed by atoms with Gasteiger partial charge in [0.25, 0.3) is 6.20 Å². The molecule has 1 aromatic heterocycles. The van der Waals surface area contributed by atoms with Crippen LogP contribution in [-0.4, -0.2) is 9.85 Å². The molecule has 10 heavy (non-hydrogen) atoms. The molecule has 0 bridgehead atoms. The minimum atomic E-state index is 0.498. The molecule has 1 aliphatic rings. The van der Waals surface area contributed by atoms with Crippen LogP contribution in [0.2, 0.25) is 0 Å². The first-order chi connectivity index (χ1) is 4.86. The van der Waals surface area contributed by atoms with Crippen LogP contribution in [0.15, 0.2) is 23.4 Å². The first kappa shape index (κ1) is 5.22. The summed E-state index contributed by atoms with van der Waals surface area (Å²) in [5.74, 6) is 0. The van der Waals surface area contributed by atoms with E-state index in [0.29, 0.717) is 10.4 Å². The molecule has 0 saturated carbocycles. The zero-order chi connectivity index (χ0) is 6.97. The van der Waals surface area contributed by atoms with Gasteiger partial charge in [-0.15, -0.1) is 0 Å². The Morgan fingerprint density at radius 1 is 1.50 bits per heavy atom. The molecule has 2 rings (SSSR count). The van der Waals surface area contributed by atoms with Crippen molar-refractivity contribution in [3.8, 4) is 0 Å². The lowest BCUT2D eigenvalue weighted by atomic mass is 10.4. The first-order valence-electron chi connectivity index (χ1n) is 2.84. The zero-order valence-electron chi connectivity index (χ0n) is 5.06. The minimum absolute atomic E-state index is 0.498. The third-order valence-electron chi connectivity index (χ3n) is 1.26. The monoisotopic (exact) mass is 134 g/mol. The van der Waals surface area contributed by atoms with Gasteiger partial charge in [-0.1, -0.05) is 0 Å². The Labute approximate surface area is 56.1 Å². The molecule has 4 heteroatoms. The van der Waals surface area contributed by atoms with Crippen LogP contribution in [0, 0.1) is 4.91 Å². The minimum Gasteiger partial charge on any atom is -0.231 e. The Kier molecular flexibility index (Phi) is 0.887. The van der Waals surface area contributed by atoms with E-state index in [2.05, 4.69) is 10.1 Å².